The molecular weight excluding hydrogens is 436 g/mol. The van der Waals surface area contributed by atoms with Gasteiger partial charge in [-0.3, -0.25) is 4.79 Å². The van der Waals surface area contributed by atoms with Crippen molar-refractivity contribution in [1.82, 2.24) is 15.3 Å². The van der Waals surface area contributed by atoms with Crippen molar-refractivity contribution in [3.63, 3.8) is 0 Å². The van der Waals surface area contributed by atoms with Gasteiger partial charge in [0.25, 0.3) is 5.91 Å². The molecule has 178 valence electrons. The van der Waals surface area contributed by atoms with Crippen molar-refractivity contribution in [2.45, 2.75) is 51.6 Å². The fraction of sp³-hybridized carbons (Fsp3) is 0.276. The standard InChI is InChI=1S/C29H30N4O2/c1-19-8-3-6-12-26(19)35-29-24(10-7-17-30-29)28(34)32-22-15-13-21(14-16-22)31-27-18-20(2)23-9-4-5-11-25(23)33-27/h3-12,17-18,21-22H,13-16H2,1-2H3,(H,31,33)(H,32,34). The van der Waals surface area contributed by atoms with Crippen LogP contribution in [0.1, 0.15) is 47.2 Å². The average Bonchev–Trinajstić information content (AvgIpc) is 2.87. The van der Waals surface area contributed by atoms with Crippen molar-refractivity contribution in [1.29, 1.82) is 0 Å². The smallest absolute Gasteiger partial charge is 0.257 e. The summed E-state index contributed by atoms with van der Waals surface area (Å²) in [5.41, 5.74) is 3.67. The summed E-state index contributed by atoms with van der Waals surface area (Å²) in [6, 6.07) is 22.0. The molecule has 1 saturated carbocycles. The quantitative estimate of drug-likeness (QED) is 0.354. The third kappa shape index (κ3) is 5.27. The van der Waals surface area contributed by atoms with Crippen LogP contribution >= 0.6 is 0 Å². The number of pyridine rings is 2. The fourth-order valence-electron chi connectivity index (χ4n) is 4.70. The Labute approximate surface area is 205 Å². The highest BCUT2D eigenvalue weighted by Gasteiger charge is 2.24. The Morgan fingerprint density at radius 3 is 2.46 bits per heavy atom. The van der Waals surface area contributed by atoms with E-state index in [-0.39, 0.29) is 11.9 Å². The zero-order valence-corrected chi connectivity index (χ0v) is 20.1. The van der Waals surface area contributed by atoms with Crippen LogP contribution in [0, 0.1) is 13.8 Å². The van der Waals surface area contributed by atoms with Crippen molar-refractivity contribution in [2.75, 3.05) is 5.32 Å². The number of aromatic nitrogens is 2. The van der Waals surface area contributed by atoms with E-state index in [1.807, 2.05) is 43.3 Å². The van der Waals surface area contributed by atoms with Crippen LogP contribution in [0.2, 0.25) is 0 Å². The molecule has 0 spiro atoms. The van der Waals surface area contributed by atoms with E-state index in [1.165, 1.54) is 10.9 Å². The zero-order chi connectivity index (χ0) is 24.2. The minimum absolute atomic E-state index is 0.123. The minimum Gasteiger partial charge on any atom is -0.438 e. The molecule has 6 heteroatoms. The molecule has 0 unspecified atom stereocenters. The first kappa shape index (κ1) is 22.8. The lowest BCUT2D eigenvalue weighted by molar-refractivity contribution is 0.0923. The summed E-state index contributed by atoms with van der Waals surface area (Å²) in [5, 5.41) is 7.98. The number of para-hydroxylation sites is 2. The van der Waals surface area contributed by atoms with Crippen molar-refractivity contribution in [3.05, 3.63) is 89.6 Å². The molecule has 4 aromatic rings. The van der Waals surface area contributed by atoms with E-state index in [0.29, 0.717) is 23.2 Å². The van der Waals surface area contributed by atoms with Crippen LogP contribution in [0.3, 0.4) is 0 Å². The Hall–Kier alpha value is -3.93. The number of hydrogen-bond donors (Lipinski definition) is 2. The Balaban J connectivity index is 1.19. The summed E-state index contributed by atoms with van der Waals surface area (Å²) in [4.78, 5) is 22.2. The van der Waals surface area contributed by atoms with E-state index >= 15 is 0 Å². The van der Waals surface area contributed by atoms with Crippen LogP contribution in [0.5, 0.6) is 11.6 Å². The highest BCUT2D eigenvalue weighted by Crippen LogP contribution is 2.28. The molecule has 0 aliphatic heterocycles. The van der Waals surface area contributed by atoms with Crippen LogP contribution in [-0.4, -0.2) is 28.0 Å². The van der Waals surface area contributed by atoms with Gasteiger partial charge in [0.15, 0.2) is 0 Å². The van der Waals surface area contributed by atoms with Crippen LogP contribution in [0.4, 0.5) is 5.82 Å². The summed E-state index contributed by atoms with van der Waals surface area (Å²) in [6.45, 7) is 4.09. The lowest BCUT2D eigenvalue weighted by atomic mass is 9.91. The number of nitrogens with one attached hydrogen (secondary N) is 2. The number of fused-ring (bicyclic) bond motifs is 1. The van der Waals surface area contributed by atoms with Crippen molar-refractivity contribution in [2.24, 2.45) is 0 Å². The largest absolute Gasteiger partial charge is 0.438 e. The fourth-order valence-corrected chi connectivity index (χ4v) is 4.70. The second-order valence-electron chi connectivity index (χ2n) is 9.23. The molecule has 0 atom stereocenters. The number of ether oxygens (including phenoxy) is 1. The molecule has 2 aromatic carbocycles. The second kappa shape index (κ2) is 10.1. The molecule has 6 nitrogen and oxygen atoms in total. The predicted octanol–water partition coefficient (Wildman–Crippen LogP) is 6.19. The van der Waals surface area contributed by atoms with E-state index in [2.05, 4.69) is 40.7 Å². The highest BCUT2D eigenvalue weighted by atomic mass is 16.5. The topological polar surface area (TPSA) is 76.1 Å². The molecule has 2 N–H and O–H groups in total. The van der Waals surface area contributed by atoms with Gasteiger partial charge in [-0.15, -0.1) is 0 Å². The van der Waals surface area contributed by atoms with E-state index in [1.54, 1.807) is 18.3 Å². The van der Waals surface area contributed by atoms with Crippen LogP contribution in [0.25, 0.3) is 10.9 Å². The maximum atomic E-state index is 13.1. The third-order valence-electron chi connectivity index (χ3n) is 6.65. The Morgan fingerprint density at radius 2 is 1.63 bits per heavy atom. The first-order chi connectivity index (χ1) is 17.1. The highest BCUT2D eigenvalue weighted by molar-refractivity contribution is 5.96. The van der Waals surface area contributed by atoms with E-state index in [0.717, 1.165) is 42.6 Å². The maximum absolute atomic E-state index is 13.1. The van der Waals surface area contributed by atoms with Gasteiger partial charge >= 0.3 is 0 Å². The molecule has 2 heterocycles. The SMILES string of the molecule is Cc1ccccc1Oc1ncccc1C(=O)NC1CCC(Nc2cc(C)c3ccccc3n2)CC1. The molecule has 0 radical (unpaired) electrons. The predicted molar refractivity (Wildman–Crippen MR) is 139 cm³/mol. The molecule has 0 saturated heterocycles. The number of carbonyl (C=O) groups is 1. The van der Waals surface area contributed by atoms with E-state index in [9.17, 15) is 4.79 Å². The lowest BCUT2D eigenvalue weighted by Crippen LogP contribution is -2.40. The van der Waals surface area contributed by atoms with Crippen molar-refractivity contribution < 1.29 is 9.53 Å². The summed E-state index contributed by atoms with van der Waals surface area (Å²) < 4.78 is 5.99. The van der Waals surface area contributed by atoms with Gasteiger partial charge < -0.3 is 15.4 Å². The van der Waals surface area contributed by atoms with Gasteiger partial charge in [-0.2, -0.15) is 0 Å². The third-order valence-corrected chi connectivity index (χ3v) is 6.65. The van der Waals surface area contributed by atoms with Crippen LogP contribution in [-0.2, 0) is 0 Å². The number of nitrogens with zero attached hydrogens (tertiary/aromatic N) is 2. The van der Waals surface area contributed by atoms with Gasteiger partial charge in [0.1, 0.15) is 17.1 Å². The van der Waals surface area contributed by atoms with E-state index < -0.39 is 0 Å². The molecule has 1 amide bonds. The van der Waals surface area contributed by atoms with Crippen LogP contribution in [0.15, 0.2) is 72.9 Å². The van der Waals surface area contributed by atoms with Crippen molar-refractivity contribution in [3.8, 4) is 11.6 Å². The molecule has 5 rings (SSSR count). The van der Waals surface area contributed by atoms with Gasteiger partial charge in [-0.05, 0) is 81.0 Å². The number of hydrogen-bond acceptors (Lipinski definition) is 5. The van der Waals surface area contributed by atoms with Gasteiger partial charge in [0.05, 0.1) is 5.52 Å². The van der Waals surface area contributed by atoms with Gasteiger partial charge in [0, 0.05) is 23.7 Å². The molecule has 1 fully saturated rings. The summed E-state index contributed by atoms with van der Waals surface area (Å²) in [7, 11) is 0. The number of amides is 1. The molecule has 35 heavy (non-hydrogen) atoms. The molecular formula is C29H30N4O2. The second-order valence-corrected chi connectivity index (χ2v) is 9.23. The normalized spacial score (nSPS) is 17.7. The lowest BCUT2D eigenvalue weighted by Gasteiger charge is -2.30. The molecule has 1 aliphatic carbocycles. The number of aryl methyl sites for hydroxylation is 2. The monoisotopic (exact) mass is 466 g/mol. The Morgan fingerprint density at radius 1 is 0.886 bits per heavy atom. The van der Waals surface area contributed by atoms with Gasteiger partial charge in [0.2, 0.25) is 5.88 Å². The Kier molecular flexibility index (Phi) is 6.62. The first-order valence-electron chi connectivity index (χ1n) is 12.2. The van der Waals surface area contributed by atoms with Gasteiger partial charge in [-0.1, -0.05) is 36.4 Å². The van der Waals surface area contributed by atoms with Gasteiger partial charge in [-0.25, -0.2) is 9.97 Å². The molecule has 1 aliphatic rings. The number of benzene rings is 2. The van der Waals surface area contributed by atoms with Crippen LogP contribution < -0.4 is 15.4 Å². The first-order valence-corrected chi connectivity index (χ1v) is 12.2. The minimum atomic E-state index is -0.148. The molecule has 2 aromatic heterocycles. The number of carbonyl (C=O) groups excluding carboxylic acids is 1. The van der Waals surface area contributed by atoms with E-state index in [4.69, 9.17) is 9.72 Å². The Bertz CT molecular complexity index is 1350. The number of rotatable bonds is 6. The summed E-state index contributed by atoms with van der Waals surface area (Å²) in [6.07, 6.45) is 5.40. The van der Waals surface area contributed by atoms with Crippen molar-refractivity contribution >= 4 is 22.6 Å². The average molecular weight is 467 g/mol. The zero-order valence-electron chi connectivity index (χ0n) is 20.1. The number of anilines is 1. The molecule has 0 bridgehead atoms. The maximum Gasteiger partial charge on any atom is 0.257 e. The summed E-state index contributed by atoms with van der Waals surface area (Å²) in [5.74, 6) is 1.80. The summed E-state index contributed by atoms with van der Waals surface area (Å²) >= 11 is 0.